The Kier molecular flexibility index (Phi) is 3.21. The van der Waals surface area contributed by atoms with E-state index in [-0.39, 0.29) is 24.5 Å². The number of carboxylic acid groups (broad SMARTS) is 1. The van der Waals surface area contributed by atoms with Gasteiger partial charge >= 0.3 is 5.97 Å². The van der Waals surface area contributed by atoms with Crippen LogP contribution in [0.5, 0.6) is 11.5 Å². The molecule has 0 fully saturated rings. The van der Waals surface area contributed by atoms with Gasteiger partial charge in [-0.15, -0.1) is 0 Å². The van der Waals surface area contributed by atoms with Crippen LogP contribution < -0.4 is 15.2 Å². The molecular formula is C10H9BrFNO4. The van der Waals surface area contributed by atoms with Crippen LogP contribution in [0, 0.1) is 5.82 Å². The molecule has 1 heterocycles. The molecule has 0 saturated heterocycles. The maximum Gasteiger partial charge on any atom is 0.305 e. The number of carboxylic acids is 1. The predicted molar refractivity (Wildman–Crippen MR) is 59.4 cm³/mol. The first kappa shape index (κ1) is 12.1. The van der Waals surface area contributed by atoms with Crippen molar-refractivity contribution in [3.8, 4) is 11.5 Å². The van der Waals surface area contributed by atoms with E-state index >= 15 is 0 Å². The van der Waals surface area contributed by atoms with Crippen molar-refractivity contribution in [2.24, 2.45) is 5.73 Å². The summed E-state index contributed by atoms with van der Waals surface area (Å²) in [4.78, 5) is 10.6. The van der Waals surface area contributed by atoms with Gasteiger partial charge in [-0.05, 0) is 15.9 Å². The molecule has 1 atom stereocenters. The monoisotopic (exact) mass is 305 g/mol. The van der Waals surface area contributed by atoms with Crippen LogP contribution in [0.25, 0.3) is 0 Å². The summed E-state index contributed by atoms with van der Waals surface area (Å²) >= 11 is 3.16. The number of benzene rings is 1. The minimum Gasteiger partial charge on any atom is -0.481 e. The summed E-state index contributed by atoms with van der Waals surface area (Å²) in [6.07, 6.45) is -0.366. The van der Waals surface area contributed by atoms with Crippen molar-refractivity contribution >= 4 is 21.9 Å². The quantitative estimate of drug-likeness (QED) is 0.890. The van der Waals surface area contributed by atoms with E-state index in [1.54, 1.807) is 0 Å². The lowest BCUT2D eigenvalue weighted by atomic mass is 10.0. The molecule has 1 aliphatic heterocycles. The fraction of sp³-hybridized carbons (Fsp3) is 0.300. The zero-order valence-electron chi connectivity index (χ0n) is 8.57. The van der Waals surface area contributed by atoms with Crippen LogP contribution in [0.15, 0.2) is 10.5 Å². The molecule has 0 aromatic heterocycles. The summed E-state index contributed by atoms with van der Waals surface area (Å²) in [5, 5.41) is 8.65. The highest BCUT2D eigenvalue weighted by atomic mass is 79.9. The zero-order chi connectivity index (χ0) is 12.6. The van der Waals surface area contributed by atoms with Gasteiger partial charge in [-0.25, -0.2) is 4.39 Å². The van der Waals surface area contributed by atoms with E-state index in [4.69, 9.17) is 20.3 Å². The van der Waals surface area contributed by atoms with Crippen LogP contribution in [0.1, 0.15) is 18.0 Å². The van der Waals surface area contributed by atoms with Crippen molar-refractivity contribution in [1.82, 2.24) is 0 Å². The van der Waals surface area contributed by atoms with Crippen molar-refractivity contribution in [1.29, 1.82) is 0 Å². The lowest BCUT2D eigenvalue weighted by Crippen LogP contribution is -2.17. The lowest BCUT2D eigenvalue weighted by molar-refractivity contribution is -0.137. The molecule has 1 aliphatic rings. The largest absolute Gasteiger partial charge is 0.481 e. The molecule has 1 unspecified atom stereocenters. The fourth-order valence-electron chi connectivity index (χ4n) is 1.62. The van der Waals surface area contributed by atoms with Gasteiger partial charge in [0.15, 0.2) is 11.5 Å². The number of hydrogen-bond donors (Lipinski definition) is 2. The summed E-state index contributed by atoms with van der Waals surface area (Å²) < 4.78 is 24.2. The Bertz CT molecular complexity index is 480. The van der Waals surface area contributed by atoms with Gasteiger partial charge in [0.05, 0.1) is 10.9 Å². The summed E-state index contributed by atoms with van der Waals surface area (Å²) in [6.45, 7) is 0.00496. The van der Waals surface area contributed by atoms with Crippen LogP contribution in [0.3, 0.4) is 0 Å². The second-order valence-electron chi connectivity index (χ2n) is 3.52. The molecule has 0 spiro atoms. The van der Waals surface area contributed by atoms with Gasteiger partial charge in [0.2, 0.25) is 6.79 Å². The van der Waals surface area contributed by atoms with Crippen molar-refractivity contribution in [2.75, 3.05) is 6.79 Å². The van der Waals surface area contributed by atoms with Gasteiger partial charge in [0.25, 0.3) is 0 Å². The molecule has 92 valence electrons. The Balaban J connectivity index is 2.44. The summed E-state index contributed by atoms with van der Waals surface area (Å²) in [6, 6.07) is 0.195. The summed E-state index contributed by atoms with van der Waals surface area (Å²) in [7, 11) is 0. The molecule has 0 bridgehead atoms. The van der Waals surface area contributed by atoms with Crippen LogP contribution in [-0.2, 0) is 4.79 Å². The van der Waals surface area contributed by atoms with Gasteiger partial charge in [-0.2, -0.15) is 0 Å². The van der Waals surface area contributed by atoms with Crippen molar-refractivity contribution in [3.63, 3.8) is 0 Å². The lowest BCUT2D eigenvalue weighted by Gasteiger charge is -2.14. The second kappa shape index (κ2) is 4.50. The third kappa shape index (κ3) is 2.20. The molecule has 5 nitrogen and oxygen atoms in total. The van der Waals surface area contributed by atoms with Crippen LogP contribution in [0.2, 0.25) is 0 Å². The molecule has 7 heteroatoms. The molecule has 3 N–H and O–H groups in total. The van der Waals surface area contributed by atoms with Crippen molar-refractivity contribution in [3.05, 3.63) is 21.9 Å². The van der Waals surface area contributed by atoms with Crippen molar-refractivity contribution < 1.29 is 23.8 Å². The Morgan fingerprint density at radius 1 is 1.65 bits per heavy atom. The Morgan fingerprint density at radius 2 is 2.35 bits per heavy atom. The van der Waals surface area contributed by atoms with E-state index in [0.717, 1.165) is 6.07 Å². The molecular weight excluding hydrogens is 297 g/mol. The van der Waals surface area contributed by atoms with E-state index in [1.165, 1.54) is 0 Å². The number of hydrogen-bond acceptors (Lipinski definition) is 4. The third-order valence-electron chi connectivity index (χ3n) is 2.36. The molecule has 1 aromatic carbocycles. The summed E-state index contributed by atoms with van der Waals surface area (Å²) in [5.74, 6) is -1.08. The van der Waals surface area contributed by atoms with Gasteiger partial charge in [0, 0.05) is 17.7 Å². The molecule has 0 amide bonds. The van der Waals surface area contributed by atoms with Crippen LogP contribution in [-0.4, -0.2) is 17.9 Å². The van der Waals surface area contributed by atoms with E-state index in [2.05, 4.69) is 15.9 Å². The smallest absolute Gasteiger partial charge is 0.305 e. The minimum atomic E-state index is -1.10. The van der Waals surface area contributed by atoms with E-state index in [9.17, 15) is 9.18 Å². The topological polar surface area (TPSA) is 81.8 Å². The number of carbonyl (C=O) groups is 1. The van der Waals surface area contributed by atoms with Gasteiger partial charge in [-0.3, -0.25) is 4.79 Å². The first-order chi connectivity index (χ1) is 8.00. The highest BCUT2D eigenvalue weighted by Gasteiger charge is 2.27. The standard InChI is InChI=1S/C10H9BrFNO4/c11-9-8(5(13)2-7(14)15)4(12)1-6-10(9)17-3-16-6/h1,5H,2-3,13H2,(H,14,15). The average Bonchev–Trinajstić information content (AvgIpc) is 2.64. The van der Waals surface area contributed by atoms with E-state index in [1.807, 2.05) is 0 Å². The molecule has 0 radical (unpaired) electrons. The number of rotatable bonds is 3. The highest BCUT2D eigenvalue weighted by Crippen LogP contribution is 2.44. The normalized spacial score (nSPS) is 14.8. The number of ether oxygens (including phenoxy) is 2. The maximum atomic E-state index is 13.8. The van der Waals surface area contributed by atoms with E-state index < -0.39 is 17.8 Å². The summed E-state index contributed by atoms with van der Waals surface area (Å²) in [5.41, 5.74) is 5.72. The molecule has 0 saturated carbocycles. The number of aliphatic carboxylic acids is 1. The van der Waals surface area contributed by atoms with Crippen molar-refractivity contribution in [2.45, 2.75) is 12.5 Å². The minimum absolute atomic E-state index is 0.00496. The first-order valence-electron chi connectivity index (χ1n) is 4.75. The van der Waals surface area contributed by atoms with Crippen LogP contribution >= 0.6 is 15.9 Å². The molecule has 2 rings (SSSR count). The van der Waals surface area contributed by atoms with Crippen LogP contribution in [0.4, 0.5) is 4.39 Å². The second-order valence-corrected chi connectivity index (χ2v) is 4.32. The maximum absolute atomic E-state index is 13.8. The first-order valence-corrected chi connectivity index (χ1v) is 5.55. The van der Waals surface area contributed by atoms with Gasteiger partial charge in [0.1, 0.15) is 5.82 Å². The average molecular weight is 306 g/mol. The number of halogens is 2. The molecule has 1 aromatic rings. The Labute approximate surface area is 104 Å². The van der Waals surface area contributed by atoms with E-state index in [0.29, 0.717) is 10.2 Å². The third-order valence-corrected chi connectivity index (χ3v) is 3.15. The zero-order valence-corrected chi connectivity index (χ0v) is 10.2. The Morgan fingerprint density at radius 3 is 3.00 bits per heavy atom. The Hall–Kier alpha value is -1.34. The molecule has 17 heavy (non-hydrogen) atoms. The number of nitrogens with two attached hydrogens (primary N) is 1. The predicted octanol–water partition coefficient (Wildman–Crippen LogP) is 1.79. The highest BCUT2D eigenvalue weighted by molar-refractivity contribution is 9.10. The molecule has 0 aliphatic carbocycles. The van der Waals surface area contributed by atoms with Gasteiger partial charge in [-0.1, -0.05) is 0 Å². The number of fused-ring (bicyclic) bond motifs is 1. The fourth-order valence-corrected chi connectivity index (χ4v) is 2.41. The SMILES string of the molecule is NC(CC(=O)O)c1c(F)cc2c(c1Br)OCO2. The van der Waals surface area contributed by atoms with Gasteiger partial charge < -0.3 is 20.3 Å².